The van der Waals surface area contributed by atoms with E-state index in [-0.39, 0.29) is 0 Å². The molecule has 1 fully saturated rings. The van der Waals surface area contributed by atoms with Crippen LogP contribution in [0, 0.1) is 0 Å². The summed E-state index contributed by atoms with van der Waals surface area (Å²) in [5.41, 5.74) is 3.52. The van der Waals surface area contributed by atoms with Crippen molar-refractivity contribution in [3.63, 3.8) is 0 Å². The number of nitrogens with one attached hydrogen (secondary N) is 1. The predicted molar refractivity (Wildman–Crippen MR) is 52.9 cm³/mol. The molecule has 1 aliphatic heterocycles. The smallest absolute Gasteiger partial charge is 0.0238 e. The fraction of sp³-hybridized carbons (Fsp3) is 1.00. The molecule has 1 rings (SSSR count). The van der Waals surface area contributed by atoms with E-state index in [4.69, 9.17) is 0 Å². The summed E-state index contributed by atoms with van der Waals surface area (Å²) in [5.74, 6) is 0. The zero-order chi connectivity index (χ0) is 8.81. The van der Waals surface area contributed by atoms with Crippen LogP contribution in [-0.2, 0) is 0 Å². The quantitative estimate of drug-likeness (QED) is 0.698. The van der Waals surface area contributed by atoms with Crippen LogP contribution in [-0.4, -0.2) is 24.1 Å². The maximum Gasteiger partial charge on any atom is 0.0238 e. The van der Waals surface area contributed by atoms with Crippen LogP contribution in [0.2, 0.25) is 0 Å². The average molecular weight is 170 g/mol. The van der Waals surface area contributed by atoms with Crippen molar-refractivity contribution in [2.75, 3.05) is 13.1 Å². The Hall–Kier alpha value is -0.0800. The molecule has 0 aromatic heterocycles. The fourth-order valence-electron chi connectivity index (χ4n) is 1.93. The first-order valence-corrected chi connectivity index (χ1v) is 5.38. The third kappa shape index (κ3) is 2.76. The zero-order valence-corrected chi connectivity index (χ0v) is 8.47. The Morgan fingerprint density at radius 1 is 1.17 bits per heavy atom. The molecule has 0 radical (unpaired) electrons. The maximum atomic E-state index is 3.52. The first-order valence-electron chi connectivity index (χ1n) is 5.38. The van der Waals surface area contributed by atoms with Gasteiger partial charge < -0.3 is 0 Å². The second-order valence-electron chi connectivity index (χ2n) is 3.63. The molecule has 0 spiro atoms. The summed E-state index contributed by atoms with van der Waals surface area (Å²) in [4.78, 5) is 0. The van der Waals surface area contributed by atoms with Crippen molar-refractivity contribution in [2.45, 2.75) is 52.0 Å². The summed E-state index contributed by atoms with van der Waals surface area (Å²) in [6, 6.07) is 0.753. The average Bonchev–Trinajstić information content (AvgIpc) is 2.35. The van der Waals surface area contributed by atoms with Gasteiger partial charge in [0.05, 0.1) is 0 Å². The SMILES string of the molecule is CCC(CC)N1CCCCCN1. The van der Waals surface area contributed by atoms with Crippen molar-refractivity contribution in [3.8, 4) is 0 Å². The molecule has 0 unspecified atom stereocenters. The van der Waals surface area contributed by atoms with Crippen molar-refractivity contribution in [1.82, 2.24) is 10.4 Å². The van der Waals surface area contributed by atoms with E-state index in [2.05, 4.69) is 24.3 Å². The topological polar surface area (TPSA) is 15.3 Å². The highest BCUT2D eigenvalue weighted by Gasteiger charge is 2.15. The van der Waals surface area contributed by atoms with Gasteiger partial charge >= 0.3 is 0 Å². The van der Waals surface area contributed by atoms with Crippen LogP contribution in [0.1, 0.15) is 46.0 Å². The lowest BCUT2D eigenvalue weighted by atomic mass is 10.1. The Morgan fingerprint density at radius 2 is 1.92 bits per heavy atom. The molecule has 0 amide bonds. The second-order valence-corrected chi connectivity index (χ2v) is 3.63. The van der Waals surface area contributed by atoms with E-state index in [0.717, 1.165) is 6.04 Å². The summed E-state index contributed by atoms with van der Waals surface area (Å²) in [6.07, 6.45) is 6.64. The van der Waals surface area contributed by atoms with Crippen LogP contribution in [0.3, 0.4) is 0 Å². The minimum absolute atomic E-state index is 0.753. The van der Waals surface area contributed by atoms with Crippen LogP contribution < -0.4 is 5.43 Å². The van der Waals surface area contributed by atoms with E-state index in [9.17, 15) is 0 Å². The highest BCUT2D eigenvalue weighted by Crippen LogP contribution is 2.10. The summed E-state index contributed by atoms with van der Waals surface area (Å²) in [7, 11) is 0. The molecule has 1 saturated heterocycles. The van der Waals surface area contributed by atoms with E-state index >= 15 is 0 Å². The van der Waals surface area contributed by atoms with Gasteiger partial charge in [0.2, 0.25) is 0 Å². The van der Waals surface area contributed by atoms with E-state index in [0.29, 0.717) is 0 Å². The largest absolute Gasteiger partial charge is 0.255 e. The minimum Gasteiger partial charge on any atom is -0.255 e. The lowest BCUT2D eigenvalue weighted by Gasteiger charge is -2.29. The maximum absolute atomic E-state index is 3.52. The van der Waals surface area contributed by atoms with Crippen LogP contribution >= 0.6 is 0 Å². The van der Waals surface area contributed by atoms with Crippen molar-refractivity contribution in [1.29, 1.82) is 0 Å². The number of nitrogens with zero attached hydrogens (tertiary/aromatic N) is 1. The number of rotatable bonds is 3. The standard InChI is InChI=1S/C10H22N2/c1-3-10(4-2)12-9-7-5-6-8-11-12/h10-11H,3-9H2,1-2H3. The van der Waals surface area contributed by atoms with Crippen molar-refractivity contribution in [2.24, 2.45) is 0 Å². The molecule has 1 heterocycles. The molecule has 2 heteroatoms. The molecular formula is C10H22N2. The Kier molecular flexibility index (Phi) is 4.62. The van der Waals surface area contributed by atoms with Gasteiger partial charge in [-0.15, -0.1) is 0 Å². The highest BCUT2D eigenvalue weighted by molar-refractivity contribution is 4.68. The third-order valence-corrected chi connectivity index (χ3v) is 2.77. The molecule has 0 aromatic carbocycles. The van der Waals surface area contributed by atoms with Gasteiger partial charge in [-0.05, 0) is 25.7 Å². The van der Waals surface area contributed by atoms with Crippen molar-refractivity contribution in [3.05, 3.63) is 0 Å². The van der Waals surface area contributed by atoms with Gasteiger partial charge in [-0.1, -0.05) is 20.3 Å². The summed E-state index contributed by atoms with van der Waals surface area (Å²) < 4.78 is 0. The molecule has 12 heavy (non-hydrogen) atoms. The first-order chi connectivity index (χ1) is 5.88. The van der Waals surface area contributed by atoms with Gasteiger partial charge in [-0.3, -0.25) is 5.43 Å². The van der Waals surface area contributed by atoms with Gasteiger partial charge in [-0.25, -0.2) is 5.01 Å². The Balaban J connectivity index is 2.35. The van der Waals surface area contributed by atoms with Gasteiger partial charge in [-0.2, -0.15) is 0 Å². The number of hydrogen-bond acceptors (Lipinski definition) is 2. The zero-order valence-electron chi connectivity index (χ0n) is 8.47. The molecule has 0 bridgehead atoms. The lowest BCUT2D eigenvalue weighted by Crippen LogP contribution is -2.44. The second kappa shape index (κ2) is 5.55. The fourth-order valence-corrected chi connectivity index (χ4v) is 1.93. The Morgan fingerprint density at radius 3 is 2.58 bits per heavy atom. The lowest BCUT2D eigenvalue weighted by molar-refractivity contribution is 0.126. The number of hydrazine groups is 1. The monoisotopic (exact) mass is 170 g/mol. The van der Waals surface area contributed by atoms with Crippen LogP contribution in [0.5, 0.6) is 0 Å². The molecule has 1 aliphatic rings. The van der Waals surface area contributed by atoms with Crippen molar-refractivity contribution >= 4 is 0 Å². The molecule has 0 saturated carbocycles. The van der Waals surface area contributed by atoms with Crippen molar-refractivity contribution < 1.29 is 0 Å². The molecule has 0 atom stereocenters. The van der Waals surface area contributed by atoms with Crippen LogP contribution in [0.25, 0.3) is 0 Å². The van der Waals surface area contributed by atoms with Gasteiger partial charge in [0, 0.05) is 19.1 Å². The predicted octanol–water partition coefficient (Wildman–Crippen LogP) is 2.17. The highest BCUT2D eigenvalue weighted by atomic mass is 15.5. The molecular weight excluding hydrogens is 148 g/mol. The van der Waals surface area contributed by atoms with Crippen LogP contribution in [0.4, 0.5) is 0 Å². The molecule has 72 valence electrons. The minimum atomic E-state index is 0.753. The molecule has 0 aliphatic carbocycles. The van der Waals surface area contributed by atoms with Gasteiger partial charge in [0.1, 0.15) is 0 Å². The van der Waals surface area contributed by atoms with E-state index in [1.165, 1.54) is 45.2 Å². The normalized spacial score (nSPS) is 21.2. The Labute approximate surface area is 76.3 Å². The van der Waals surface area contributed by atoms with Gasteiger partial charge in [0.15, 0.2) is 0 Å². The van der Waals surface area contributed by atoms with Crippen LogP contribution in [0.15, 0.2) is 0 Å². The van der Waals surface area contributed by atoms with E-state index in [1.807, 2.05) is 0 Å². The summed E-state index contributed by atoms with van der Waals surface area (Å²) in [5, 5.41) is 2.45. The molecule has 0 aromatic rings. The third-order valence-electron chi connectivity index (χ3n) is 2.77. The summed E-state index contributed by atoms with van der Waals surface area (Å²) >= 11 is 0. The van der Waals surface area contributed by atoms with E-state index in [1.54, 1.807) is 0 Å². The first kappa shape index (κ1) is 10.0. The Bertz CT molecular complexity index is 102. The van der Waals surface area contributed by atoms with Gasteiger partial charge in [0.25, 0.3) is 0 Å². The van der Waals surface area contributed by atoms with E-state index < -0.39 is 0 Å². The summed E-state index contributed by atoms with van der Waals surface area (Å²) in [6.45, 7) is 6.98. The molecule has 2 nitrogen and oxygen atoms in total. The molecule has 1 N–H and O–H groups in total. The number of hydrogen-bond donors (Lipinski definition) is 1.